The van der Waals surface area contributed by atoms with Gasteiger partial charge in [0.1, 0.15) is 0 Å². The monoisotopic (exact) mass is 270 g/mol. The van der Waals surface area contributed by atoms with Crippen LogP contribution in [0.5, 0.6) is 0 Å². The smallest absolute Gasteiger partial charge is 0.333 e. The highest BCUT2D eigenvalue weighted by Gasteiger charge is 2.76. The molecule has 0 aromatic rings. The Kier molecular flexibility index (Phi) is 2.96. The SMILES string of the molecule is CN1C=CN(C(F)(F)C(F)(F)C(F)(F)F)C1F. The van der Waals surface area contributed by atoms with Crippen molar-refractivity contribution >= 4 is 0 Å². The van der Waals surface area contributed by atoms with Crippen LogP contribution in [0.15, 0.2) is 12.4 Å². The van der Waals surface area contributed by atoms with Crippen LogP contribution in [0, 0.1) is 0 Å². The summed E-state index contributed by atoms with van der Waals surface area (Å²) in [6, 6.07) is -5.72. The van der Waals surface area contributed by atoms with Crippen LogP contribution in [0.4, 0.5) is 35.1 Å². The summed E-state index contributed by atoms with van der Waals surface area (Å²) in [7, 11) is 0.906. The standard InChI is InChI=1S/C7H6F8N2/c1-16-2-3-17(4(16)8)7(14,15)5(9,10)6(11,12)13/h2-4H,1H3. The lowest BCUT2D eigenvalue weighted by molar-refractivity contribution is -0.392. The Morgan fingerprint density at radius 2 is 1.41 bits per heavy atom. The fraction of sp³-hybridized carbons (Fsp3) is 0.714. The topological polar surface area (TPSA) is 6.48 Å². The number of hydrogen-bond acceptors (Lipinski definition) is 2. The third-order valence-electron chi connectivity index (χ3n) is 2.09. The highest BCUT2D eigenvalue weighted by molar-refractivity contribution is 5.01. The largest absolute Gasteiger partial charge is 0.462 e. The highest BCUT2D eigenvalue weighted by atomic mass is 19.4. The van der Waals surface area contributed by atoms with E-state index in [0.29, 0.717) is 11.1 Å². The van der Waals surface area contributed by atoms with E-state index in [0.717, 1.165) is 7.05 Å². The molecule has 0 aromatic heterocycles. The Morgan fingerprint density at radius 3 is 1.71 bits per heavy atom. The summed E-state index contributed by atoms with van der Waals surface area (Å²) in [5.41, 5.74) is 0. The third-order valence-corrected chi connectivity index (χ3v) is 2.09. The van der Waals surface area contributed by atoms with E-state index in [1.54, 1.807) is 0 Å². The van der Waals surface area contributed by atoms with E-state index in [1.165, 1.54) is 0 Å². The van der Waals surface area contributed by atoms with Gasteiger partial charge in [-0.1, -0.05) is 0 Å². The first-order valence-electron chi connectivity index (χ1n) is 4.08. The van der Waals surface area contributed by atoms with E-state index >= 15 is 0 Å². The van der Waals surface area contributed by atoms with Gasteiger partial charge < -0.3 is 4.90 Å². The van der Waals surface area contributed by atoms with Crippen molar-refractivity contribution in [2.45, 2.75) is 24.6 Å². The first-order chi connectivity index (χ1) is 7.43. The van der Waals surface area contributed by atoms with Gasteiger partial charge >= 0.3 is 18.1 Å². The first-order valence-corrected chi connectivity index (χ1v) is 4.08. The number of halogens is 8. The van der Waals surface area contributed by atoms with Crippen LogP contribution in [0.25, 0.3) is 0 Å². The van der Waals surface area contributed by atoms with Crippen molar-refractivity contribution in [1.29, 1.82) is 0 Å². The van der Waals surface area contributed by atoms with E-state index in [9.17, 15) is 35.1 Å². The molecular formula is C7H6F8N2. The molecule has 0 aliphatic carbocycles. The van der Waals surface area contributed by atoms with Crippen LogP contribution in [0.2, 0.25) is 0 Å². The number of hydrogen-bond donors (Lipinski definition) is 0. The molecule has 0 fully saturated rings. The molecule has 0 saturated carbocycles. The van der Waals surface area contributed by atoms with Gasteiger partial charge in [-0.05, 0) is 0 Å². The molecule has 0 amide bonds. The van der Waals surface area contributed by atoms with E-state index in [1.807, 2.05) is 0 Å². The maximum Gasteiger partial charge on any atom is 0.462 e. The summed E-state index contributed by atoms with van der Waals surface area (Å²) in [6.07, 6.45) is -8.53. The molecule has 0 radical (unpaired) electrons. The summed E-state index contributed by atoms with van der Waals surface area (Å²) in [4.78, 5) is -0.569. The van der Waals surface area contributed by atoms with Crippen molar-refractivity contribution in [2.24, 2.45) is 0 Å². The second-order valence-electron chi connectivity index (χ2n) is 3.29. The number of nitrogens with zero attached hydrogens (tertiary/aromatic N) is 2. The van der Waals surface area contributed by atoms with Crippen molar-refractivity contribution in [2.75, 3.05) is 7.05 Å². The summed E-state index contributed by atoms with van der Waals surface area (Å²) < 4.78 is 99.4. The molecule has 0 bridgehead atoms. The van der Waals surface area contributed by atoms with Crippen molar-refractivity contribution in [1.82, 2.24) is 9.80 Å². The summed E-state index contributed by atoms with van der Waals surface area (Å²) in [5.74, 6) is -6.36. The van der Waals surface area contributed by atoms with Crippen molar-refractivity contribution in [3.63, 3.8) is 0 Å². The maximum absolute atomic E-state index is 13.0. The van der Waals surface area contributed by atoms with Gasteiger partial charge in [0.05, 0.1) is 0 Å². The molecule has 2 nitrogen and oxygen atoms in total. The predicted molar refractivity (Wildman–Crippen MR) is 39.6 cm³/mol. The Bertz CT molecular complexity index is 322. The normalized spacial score (nSPS) is 22.5. The average Bonchev–Trinajstić information content (AvgIpc) is 2.45. The van der Waals surface area contributed by atoms with Crippen LogP contribution < -0.4 is 0 Å². The lowest BCUT2D eigenvalue weighted by Crippen LogP contribution is -2.61. The lowest BCUT2D eigenvalue weighted by atomic mass is 10.2. The molecule has 1 heterocycles. The molecule has 0 spiro atoms. The molecule has 1 aliphatic heterocycles. The van der Waals surface area contributed by atoms with Crippen LogP contribution in [-0.4, -0.2) is 41.4 Å². The summed E-state index contributed by atoms with van der Waals surface area (Å²) >= 11 is 0. The zero-order chi connectivity index (χ0) is 13.6. The quantitative estimate of drug-likeness (QED) is 0.562. The highest BCUT2D eigenvalue weighted by Crippen LogP contribution is 2.49. The third kappa shape index (κ3) is 1.89. The molecule has 1 rings (SSSR count). The van der Waals surface area contributed by atoms with Gasteiger partial charge in [0.15, 0.2) is 0 Å². The minimum absolute atomic E-state index is 0.129. The molecule has 1 aliphatic rings. The van der Waals surface area contributed by atoms with Crippen LogP contribution >= 0.6 is 0 Å². The fourth-order valence-corrected chi connectivity index (χ4v) is 1.08. The van der Waals surface area contributed by atoms with Crippen molar-refractivity contribution in [3.8, 4) is 0 Å². The second kappa shape index (κ2) is 3.64. The zero-order valence-corrected chi connectivity index (χ0v) is 8.15. The molecule has 0 N–H and O–H groups in total. The predicted octanol–water partition coefficient (Wildman–Crippen LogP) is 2.75. The minimum Gasteiger partial charge on any atom is -0.333 e. The van der Waals surface area contributed by atoms with Gasteiger partial charge in [-0.25, -0.2) is 0 Å². The van der Waals surface area contributed by atoms with Gasteiger partial charge in [-0.3, -0.25) is 4.90 Å². The van der Waals surface area contributed by atoms with E-state index in [2.05, 4.69) is 0 Å². The van der Waals surface area contributed by atoms with Crippen LogP contribution in [0.3, 0.4) is 0 Å². The van der Waals surface area contributed by atoms with Gasteiger partial charge in [-0.2, -0.15) is 35.1 Å². The zero-order valence-electron chi connectivity index (χ0n) is 8.15. The van der Waals surface area contributed by atoms with E-state index < -0.39 is 29.5 Å². The molecule has 10 heteroatoms. The van der Waals surface area contributed by atoms with Crippen LogP contribution in [-0.2, 0) is 0 Å². The Hall–Kier alpha value is -1.22. The molecule has 0 aromatic carbocycles. The Labute approximate surface area is 90.1 Å². The summed E-state index contributed by atoms with van der Waals surface area (Å²) in [6.45, 7) is 0. The molecule has 0 saturated heterocycles. The molecule has 100 valence electrons. The Morgan fingerprint density at radius 1 is 0.941 bits per heavy atom. The van der Waals surface area contributed by atoms with Crippen molar-refractivity contribution < 1.29 is 35.1 Å². The molecule has 17 heavy (non-hydrogen) atoms. The van der Waals surface area contributed by atoms with Gasteiger partial charge in [0.25, 0.3) is 6.42 Å². The lowest BCUT2D eigenvalue weighted by Gasteiger charge is -2.36. The first kappa shape index (κ1) is 13.8. The van der Waals surface area contributed by atoms with Crippen molar-refractivity contribution in [3.05, 3.63) is 12.4 Å². The second-order valence-corrected chi connectivity index (χ2v) is 3.29. The van der Waals surface area contributed by atoms with E-state index in [-0.39, 0.29) is 6.20 Å². The van der Waals surface area contributed by atoms with Gasteiger partial charge in [-0.15, -0.1) is 0 Å². The number of alkyl halides is 8. The maximum atomic E-state index is 13.0. The summed E-state index contributed by atoms with van der Waals surface area (Å²) in [5, 5.41) is 0. The number of rotatable bonds is 2. The van der Waals surface area contributed by atoms with Gasteiger partial charge in [0, 0.05) is 19.4 Å². The fourth-order valence-electron chi connectivity index (χ4n) is 1.08. The van der Waals surface area contributed by atoms with Gasteiger partial charge in [0.2, 0.25) is 0 Å². The van der Waals surface area contributed by atoms with Crippen LogP contribution in [0.1, 0.15) is 0 Å². The minimum atomic E-state index is -6.48. The molecule has 1 atom stereocenters. The average molecular weight is 270 g/mol. The molecular weight excluding hydrogens is 264 g/mol. The molecule has 1 unspecified atom stereocenters. The van der Waals surface area contributed by atoms with E-state index in [4.69, 9.17) is 0 Å². The Balaban J connectivity index is 3.08.